The van der Waals surface area contributed by atoms with Crippen LogP contribution < -0.4 is 5.73 Å². The first-order valence-corrected chi connectivity index (χ1v) is 8.28. The van der Waals surface area contributed by atoms with Gasteiger partial charge in [0.25, 0.3) is 0 Å². The summed E-state index contributed by atoms with van der Waals surface area (Å²) in [6.45, 7) is 1.46. The lowest BCUT2D eigenvalue weighted by atomic mass is 10.3. The first kappa shape index (κ1) is 17.9. The number of carbonyl (C=O) groups is 1. The van der Waals surface area contributed by atoms with Gasteiger partial charge in [0.15, 0.2) is 0 Å². The lowest BCUT2D eigenvalue weighted by Gasteiger charge is -2.21. The number of hydrogen-bond acceptors (Lipinski definition) is 5. The molecule has 0 radical (unpaired) electrons. The van der Waals surface area contributed by atoms with Crippen LogP contribution in [-0.2, 0) is 19.6 Å². The molecule has 9 heteroatoms. The van der Waals surface area contributed by atoms with Crippen molar-refractivity contribution < 1.29 is 22.3 Å². The van der Waals surface area contributed by atoms with Crippen LogP contribution in [0.25, 0.3) is 0 Å². The molecule has 0 aliphatic rings. The number of nitrogens with zero attached hydrogens (tertiary/aromatic N) is 1. The van der Waals surface area contributed by atoms with Crippen molar-refractivity contribution in [2.45, 2.75) is 18.2 Å². The van der Waals surface area contributed by atoms with Gasteiger partial charge in [0.2, 0.25) is 10.0 Å². The minimum atomic E-state index is -4.03. The molecular formula is C12H16BrFN2O4S. The van der Waals surface area contributed by atoms with Gasteiger partial charge >= 0.3 is 5.97 Å². The second-order valence-electron chi connectivity index (χ2n) is 4.22. The van der Waals surface area contributed by atoms with Gasteiger partial charge in [-0.25, -0.2) is 12.8 Å². The Hall–Kier alpha value is -1.19. The fourth-order valence-electron chi connectivity index (χ4n) is 1.65. The minimum Gasteiger partial charge on any atom is -0.468 e. The summed E-state index contributed by atoms with van der Waals surface area (Å²) in [5.74, 6) is -1.35. The molecular weight excluding hydrogens is 367 g/mol. The number of esters is 1. The first-order chi connectivity index (χ1) is 9.73. The van der Waals surface area contributed by atoms with E-state index in [-0.39, 0.29) is 21.6 Å². The number of nitrogens with two attached hydrogens (primary N) is 1. The number of hydrogen-bond donors (Lipinski definition) is 1. The highest BCUT2D eigenvalue weighted by Gasteiger charge is 2.29. The third-order valence-corrected chi connectivity index (χ3v) is 5.19. The molecule has 1 aromatic rings. The van der Waals surface area contributed by atoms with Gasteiger partial charge in [0.1, 0.15) is 17.3 Å². The number of nitrogen functional groups attached to an aromatic ring is 1. The molecule has 0 bridgehead atoms. The largest absolute Gasteiger partial charge is 0.468 e. The molecule has 1 rings (SSSR count). The van der Waals surface area contributed by atoms with E-state index in [9.17, 15) is 17.6 Å². The molecule has 0 aromatic heterocycles. The fraction of sp³-hybridized carbons (Fsp3) is 0.417. The molecule has 6 nitrogen and oxygen atoms in total. The summed E-state index contributed by atoms with van der Waals surface area (Å²) < 4.78 is 43.9. The second kappa shape index (κ2) is 7.19. The maximum Gasteiger partial charge on any atom is 0.321 e. The van der Waals surface area contributed by atoms with Crippen LogP contribution in [0, 0.1) is 5.82 Å². The van der Waals surface area contributed by atoms with E-state index in [1.165, 1.54) is 7.11 Å². The zero-order chi connectivity index (χ0) is 16.2. The summed E-state index contributed by atoms with van der Waals surface area (Å²) in [7, 11) is -2.86. The molecule has 0 amide bonds. The Labute approximate surface area is 131 Å². The van der Waals surface area contributed by atoms with Crippen molar-refractivity contribution >= 4 is 37.6 Å². The van der Waals surface area contributed by atoms with Crippen LogP contribution in [0.1, 0.15) is 13.3 Å². The van der Waals surface area contributed by atoms with Crippen LogP contribution in [-0.4, -0.2) is 38.9 Å². The third kappa shape index (κ3) is 4.14. The van der Waals surface area contributed by atoms with Gasteiger partial charge in [-0.05, 0) is 34.5 Å². The number of halogens is 2. The van der Waals surface area contributed by atoms with E-state index in [1.54, 1.807) is 6.92 Å². The predicted octanol–water partition coefficient (Wildman–Crippen LogP) is 1.74. The summed E-state index contributed by atoms with van der Waals surface area (Å²) in [5, 5.41) is 0. The minimum absolute atomic E-state index is 0.0233. The van der Waals surface area contributed by atoms with Gasteiger partial charge in [0.05, 0.1) is 17.3 Å². The molecule has 0 fully saturated rings. The summed E-state index contributed by atoms with van der Waals surface area (Å²) in [6, 6.07) is 2.00. The molecule has 0 atom stereocenters. The maximum absolute atomic E-state index is 13.4. The van der Waals surface area contributed by atoms with E-state index in [1.807, 2.05) is 0 Å². The molecule has 0 aliphatic heterocycles. The third-order valence-electron chi connectivity index (χ3n) is 2.68. The van der Waals surface area contributed by atoms with Crippen molar-refractivity contribution in [3.63, 3.8) is 0 Å². The standard InChI is InChI=1S/C12H16BrFN2O4S/c1-3-4-16(7-12(17)20-2)21(18,19)11-5-8(13)9(14)6-10(11)15/h5-6H,3-4,7,15H2,1-2H3. The Morgan fingerprint density at radius 1 is 1.48 bits per heavy atom. The Morgan fingerprint density at radius 3 is 2.62 bits per heavy atom. The van der Waals surface area contributed by atoms with Gasteiger partial charge in [0, 0.05) is 6.54 Å². The lowest BCUT2D eigenvalue weighted by Crippen LogP contribution is -2.37. The average Bonchev–Trinajstić information content (AvgIpc) is 2.41. The predicted molar refractivity (Wildman–Crippen MR) is 79.6 cm³/mol. The summed E-state index contributed by atoms with van der Waals surface area (Å²) in [6.07, 6.45) is 0.499. The highest BCUT2D eigenvalue weighted by molar-refractivity contribution is 9.10. The van der Waals surface area contributed by atoms with Gasteiger partial charge in [-0.2, -0.15) is 4.31 Å². The molecule has 118 valence electrons. The smallest absolute Gasteiger partial charge is 0.321 e. The van der Waals surface area contributed by atoms with Gasteiger partial charge in [-0.1, -0.05) is 6.92 Å². The SMILES string of the molecule is CCCN(CC(=O)OC)S(=O)(=O)c1cc(Br)c(F)cc1N. The molecule has 0 saturated carbocycles. The number of rotatable bonds is 6. The molecule has 0 unspecified atom stereocenters. The highest BCUT2D eigenvalue weighted by atomic mass is 79.9. The molecule has 0 aliphatic carbocycles. The van der Waals surface area contributed by atoms with E-state index >= 15 is 0 Å². The molecule has 0 saturated heterocycles. The average molecular weight is 383 g/mol. The van der Waals surface area contributed by atoms with E-state index in [0.29, 0.717) is 6.42 Å². The van der Waals surface area contributed by atoms with Crippen molar-refractivity contribution in [2.24, 2.45) is 0 Å². The fourth-order valence-corrected chi connectivity index (χ4v) is 3.74. The monoisotopic (exact) mass is 382 g/mol. The Kier molecular flexibility index (Phi) is 6.11. The van der Waals surface area contributed by atoms with E-state index < -0.39 is 28.4 Å². The van der Waals surface area contributed by atoms with Crippen LogP contribution in [0.5, 0.6) is 0 Å². The topological polar surface area (TPSA) is 89.7 Å². The van der Waals surface area contributed by atoms with Crippen LogP contribution in [0.2, 0.25) is 0 Å². The van der Waals surface area contributed by atoms with Crippen LogP contribution in [0.4, 0.5) is 10.1 Å². The van der Waals surface area contributed by atoms with Crippen molar-refractivity contribution in [1.82, 2.24) is 4.31 Å². The molecule has 0 spiro atoms. The van der Waals surface area contributed by atoms with Crippen molar-refractivity contribution in [1.29, 1.82) is 0 Å². The van der Waals surface area contributed by atoms with Crippen LogP contribution in [0.3, 0.4) is 0 Å². The normalized spacial score (nSPS) is 11.7. The number of anilines is 1. The van der Waals surface area contributed by atoms with Gasteiger partial charge < -0.3 is 10.5 Å². The molecule has 1 aromatic carbocycles. The van der Waals surface area contributed by atoms with Crippen LogP contribution >= 0.6 is 15.9 Å². The summed E-state index contributed by atoms with van der Waals surface area (Å²) in [4.78, 5) is 11.1. The van der Waals surface area contributed by atoms with E-state index in [4.69, 9.17) is 5.73 Å². The van der Waals surface area contributed by atoms with Crippen LogP contribution in [0.15, 0.2) is 21.5 Å². The number of ether oxygens (including phenoxy) is 1. The highest BCUT2D eigenvalue weighted by Crippen LogP contribution is 2.28. The summed E-state index contributed by atoms with van der Waals surface area (Å²) in [5.41, 5.74) is 5.37. The summed E-state index contributed by atoms with van der Waals surface area (Å²) >= 11 is 2.92. The Balaban J connectivity index is 3.28. The first-order valence-electron chi connectivity index (χ1n) is 6.05. The van der Waals surface area contributed by atoms with Crippen molar-refractivity contribution in [3.8, 4) is 0 Å². The Bertz CT molecular complexity index is 636. The number of sulfonamides is 1. The zero-order valence-corrected chi connectivity index (χ0v) is 14.0. The number of benzene rings is 1. The maximum atomic E-state index is 13.4. The second-order valence-corrected chi connectivity index (χ2v) is 6.98. The van der Waals surface area contributed by atoms with Crippen molar-refractivity contribution in [3.05, 3.63) is 22.4 Å². The van der Waals surface area contributed by atoms with Crippen molar-refractivity contribution in [2.75, 3.05) is 25.9 Å². The molecule has 2 N–H and O–H groups in total. The quantitative estimate of drug-likeness (QED) is 0.597. The molecule has 21 heavy (non-hydrogen) atoms. The van der Waals surface area contributed by atoms with Gasteiger partial charge in [-0.15, -0.1) is 0 Å². The van der Waals surface area contributed by atoms with Gasteiger partial charge in [-0.3, -0.25) is 4.79 Å². The van der Waals surface area contributed by atoms with E-state index in [0.717, 1.165) is 16.4 Å². The number of methoxy groups -OCH3 is 1. The lowest BCUT2D eigenvalue weighted by molar-refractivity contribution is -0.140. The van der Waals surface area contributed by atoms with E-state index in [2.05, 4.69) is 20.7 Å². The number of carbonyl (C=O) groups excluding carboxylic acids is 1. The molecule has 0 heterocycles. The zero-order valence-electron chi connectivity index (χ0n) is 11.6. The Morgan fingerprint density at radius 2 is 2.10 bits per heavy atom.